The number of amides is 2. The number of carbonyl (C=O) groups is 2. The normalized spacial score (nSPS) is 14.7. The van der Waals surface area contributed by atoms with E-state index in [-0.39, 0.29) is 18.4 Å². The minimum Gasteiger partial charge on any atom is -0.392 e. The molecule has 0 aromatic rings. The highest BCUT2D eigenvalue weighted by Crippen LogP contribution is 2.17. The van der Waals surface area contributed by atoms with Gasteiger partial charge in [0.15, 0.2) is 0 Å². The van der Waals surface area contributed by atoms with Crippen LogP contribution in [0.5, 0.6) is 0 Å². The van der Waals surface area contributed by atoms with Crippen molar-refractivity contribution in [3.05, 3.63) is 0 Å². The van der Waals surface area contributed by atoms with Gasteiger partial charge in [-0.2, -0.15) is 0 Å². The Kier molecular flexibility index (Phi) is 48.5. The summed E-state index contributed by atoms with van der Waals surface area (Å²) < 4.78 is 0. The number of aliphatic hydroxyl groups excluding tert-OH is 4. The first-order chi connectivity index (χ1) is 38.6. The van der Waals surface area contributed by atoms with E-state index in [0.717, 1.165) is 64.2 Å². The van der Waals surface area contributed by atoms with Gasteiger partial charge < -0.3 is 31.1 Å². The molecule has 1 fully saturated rings. The van der Waals surface area contributed by atoms with Gasteiger partial charge in [-0.05, 0) is 173 Å². The van der Waals surface area contributed by atoms with E-state index in [4.69, 9.17) is 0 Å². The smallest absolute Gasteiger partial charge is 0.243 e. The van der Waals surface area contributed by atoms with E-state index in [1.807, 2.05) is 4.90 Å². The molecule has 1 heterocycles. The summed E-state index contributed by atoms with van der Waals surface area (Å²) in [6.07, 6.45) is 32.7. The fraction of sp³-hybridized carbons (Fsp3) is 0.710. The summed E-state index contributed by atoms with van der Waals surface area (Å²) in [6.45, 7) is 11.3. The average Bonchev–Trinajstić information content (AvgIpc) is 3.43. The van der Waals surface area contributed by atoms with Crippen LogP contribution in [-0.2, 0) is 9.59 Å². The molecule has 0 aliphatic carbocycles. The minimum atomic E-state index is -1.01. The van der Waals surface area contributed by atoms with Crippen LogP contribution in [-0.4, -0.2) is 118 Å². The molecule has 10 nitrogen and oxygen atoms in total. The zero-order valence-electron chi connectivity index (χ0n) is 49.5. The van der Waals surface area contributed by atoms with E-state index >= 15 is 0 Å². The molecule has 0 aromatic heterocycles. The van der Waals surface area contributed by atoms with Crippen LogP contribution in [0.4, 0.5) is 0 Å². The lowest BCUT2D eigenvalue weighted by Crippen LogP contribution is -2.61. The lowest BCUT2D eigenvalue weighted by atomic mass is 10.0. The van der Waals surface area contributed by atoms with Crippen molar-refractivity contribution in [2.45, 2.75) is 276 Å². The first-order valence-electron chi connectivity index (χ1n) is 30.8. The van der Waals surface area contributed by atoms with Crippen LogP contribution in [0, 0.1) is 107 Å². The van der Waals surface area contributed by atoms with Crippen molar-refractivity contribution in [1.29, 1.82) is 0 Å². The molecule has 1 rings (SSSR count). The van der Waals surface area contributed by atoms with Crippen molar-refractivity contribution in [3.8, 4) is 107 Å². The standard InChI is InChI=1S/C69H102N4O6/c1-5-9-13-17-21-25-26-27-28-29-30-31-32-33-37-41-45-53-65(77)61-73(60-64(76)52-44-40-36-24-20-16-12-8-4)57-49-47-55-67-69(79)70-66(68(78)71-67)54-46-48-56-72(58-62(74)50-42-38-34-22-18-14-10-6-2)59-63(75)51-43-39-35-23-19-15-11-7-3/h62-67,74-77H,6-8,10-12,14-16,18-20,22-24,34-36,38-40,42-44,46-52,54-61H2,1-4H3,(H,70,79)(H,71,78). The summed E-state index contributed by atoms with van der Waals surface area (Å²) in [6, 6.07) is -1.22. The number of rotatable bonds is 45. The van der Waals surface area contributed by atoms with Gasteiger partial charge >= 0.3 is 0 Å². The molecule has 0 saturated carbocycles. The summed E-state index contributed by atoms with van der Waals surface area (Å²) in [4.78, 5) is 30.8. The van der Waals surface area contributed by atoms with E-state index in [0.29, 0.717) is 64.8 Å². The number of carbonyl (C=O) groups excluding carboxylic acids is 2. The highest BCUT2D eigenvalue weighted by molar-refractivity contribution is 5.96. The molecular weight excluding hydrogens is 981 g/mol. The second kappa shape index (κ2) is 53.4. The molecule has 0 aromatic carbocycles. The minimum absolute atomic E-state index is 0.170. The summed E-state index contributed by atoms with van der Waals surface area (Å²) in [5.74, 6) is 46.2. The zero-order chi connectivity index (χ0) is 57.5. The molecule has 434 valence electrons. The highest BCUT2D eigenvalue weighted by atomic mass is 16.3. The molecule has 0 radical (unpaired) electrons. The quantitative estimate of drug-likeness (QED) is 0.0261. The van der Waals surface area contributed by atoms with Crippen LogP contribution in [0.25, 0.3) is 0 Å². The molecule has 79 heavy (non-hydrogen) atoms. The van der Waals surface area contributed by atoms with Crippen LogP contribution in [0.15, 0.2) is 0 Å². The van der Waals surface area contributed by atoms with Crippen molar-refractivity contribution in [2.24, 2.45) is 0 Å². The highest BCUT2D eigenvalue weighted by Gasteiger charge is 2.33. The molecule has 6 atom stereocenters. The average molecular weight is 1080 g/mol. The molecule has 10 heteroatoms. The molecular formula is C69H102N4O6. The van der Waals surface area contributed by atoms with Gasteiger partial charge in [0, 0.05) is 26.2 Å². The molecule has 6 N–H and O–H groups in total. The van der Waals surface area contributed by atoms with Gasteiger partial charge in [0.2, 0.25) is 11.8 Å². The Morgan fingerprint density at radius 3 is 0.962 bits per heavy atom. The fourth-order valence-electron chi connectivity index (χ4n) is 9.58. The van der Waals surface area contributed by atoms with Crippen molar-refractivity contribution in [3.63, 3.8) is 0 Å². The maximum atomic E-state index is 13.3. The number of nitrogens with zero attached hydrogens (tertiary/aromatic N) is 2. The first-order valence-corrected chi connectivity index (χ1v) is 30.8. The number of nitrogens with one attached hydrogen (secondary N) is 2. The van der Waals surface area contributed by atoms with Crippen LogP contribution in [0.1, 0.15) is 240 Å². The van der Waals surface area contributed by atoms with Gasteiger partial charge in [-0.15, -0.1) is 0 Å². The van der Waals surface area contributed by atoms with Crippen LogP contribution >= 0.6 is 0 Å². The van der Waals surface area contributed by atoms with Crippen molar-refractivity contribution >= 4 is 11.8 Å². The molecule has 6 unspecified atom stereocenters. The third kappa shape index (κ3) is 45.2. The third-order valence-electron chi connectivity index (χ3n) is 14.0. The van der Waals surface area contributed by atoms with Gasteiger partial charge in [-0.25, -0.2) is 0 Å². The monoisotopic (exact) mass is 1080 g/mol. The lowest BCUT2D eigenvalue weighted by Gasteiger charge is -2.31. The summed E-state index contributed by atoms with van der Waals surface area (Å²) in [7, 11) is 0. The van der Waals surface area contributed by atoms with Gasteiger partial charge in [-0.3, -0.25) is 19.4 Å². The van der Waals surface area contributed by atoms with Gasteiger partial charge in [0.05, 0.1) is 18.3 Å². The Morgan fingerprint density at radius 2 is 0.646 bits per heavy atom. The maximum absolute atomic E-state index is 13.3. The largest absolute Gasteiger partial charge is 0.392 e. The molecule has 0 spiro atoms. The summed E-state index contributed by atoms with van der Waals surface area (Å²) in [5, 5.41) is 50.0. The Hall–Kier alpha value is -5.26. The Balaban J connectivity index is 2.75. The predicted molar refractivity (Wildman–Crippen MR) is 326 cm³/mol. The molecule has 2 amide bonds. The van der Waals surface area contributed by atoms with Crippen molar-refractivity contribution in [1.82, 2.24) is 20.4 Å². The van der Waals surface area contributed by atoms with Crippen molar-refractivity contribution < 1.29 is 30.0 Å². The van der Waals surface area contributed by atoms with E-state index in [1.165, 1.54) is 116 Å². The number of aliphatic hydroxyl groups is 4. The lowest BCUT2D eigenvalue weighted by molar-refractivity contribution is -0.137. The van der Waals surface area contributed by atoms with Crippen LogP contribution in [0.2, 0.25) is 0 Å². The number of piperazine rings is 1. The molecule has 1 aliphatic rings. The summed E-state index contributed by atoms with van der Waals surface area (Å²) in [5.41, 5.74) is 0. The van der Waals surface area contributed by atoms with E-state index in [1.54, 1.807) is 6.92 Å². The maximum Gasteiger partial charge on any atom is 0.243 e. The van der Waals surface area contributed by atoms with E-state index < -0.39 is 36.5 Å². The Bertz CT molecular complexity index is 2200. The number of hydrogen-bond donors (Lipinski definition) is 6. The number of unbranched alkanes of at least 4 members (excludes halogenated alkanes) is 23. The zero-order valence-corrected chi connectivity index (χ0v) is 49.5. The Morgan fingerprint density at radius 1 is 0.367 bits per heavy atom. The third-order valence-corrected chi connectivity index (χ3v) is 14.0. The van der Waals surface area contributed by atoms with Gasteiger partial charge in [0.25, 0.3) is 0 Å². The Labute approximate surface area is 482 Å². The summed E-state index contributed by atoms with van der Waals surface area (Å²) >= 11 is 0. The second-order valence-electron chi connectivity index (χ2n) is 21.3. The second-order valence-corrected chi connectivity index (χ2v) is 21.3. The fourth-order valence-corrected chi connectivity index (χ4v) is 9.58. The number of hydrogen-bond acceptors (Lipinski definition) is 8. The van der Waals surface area contributed by atoms with E-state index in [9.17, 15) is 30.0 Å². The van der Waals surface area contributed by atoms with Crippen LogP contribution < -0.4 is 10.6 Å². The SMILES string of the molecule is CC#CC#CC#CC#CC#CC#CC#CC#CC#CC(O)CN(CCCCC1NC(=O)C(CCCCN(CC(O)CCCCCCCCCC)CC(O)CCCCCCCCCC)NC1=O)CC(O)CCCCCCCCCC. The molecule has 0 bridgehead atoms. The van der Waals surface area contributed by atoms with Crippen LogP contribution in [0.3, 0.4) is 0 Å². The van der Waals surface area contributed by atoms with Gasteiger partial charge in [0.1, 0.15) is 18.2 Å². The van der Waals surface area contributed by atoms with E-state index in [2.05, 4.69) is 143 Å². The van der Waals surface area contributed by atoms with Crippen molar-refractivity contribution in [2.75, 3.05) is 39.3 Å². The van der Waals surface area contributed by atoms with Gasteiger partial charge in [-0.1, -0.05) is 187 Å². The molecule has 1 saturated heterocycles. The first kappa shape index (κ1) is 71.8. The molecule has 1 aliphatic heterocycles. The predicted octanol–water partition coefficient (Wildman–Crippen LogP) is 10.0. The topological polar surface area (TPSA) is 146 Å².